The van der Waals surface area contributed by atoms with Crippen LogP contribution in [0, 0.1) is 13.8 Å². The van der Waals surface area contributed by atoms with Crippen LogP contribution in [0.1, 0.15) is 28.9 Å². The second-order valence-corrected chi connectivity index (χ2v) is 6.64. The molecule has 2 heterocycles. The van der Waals surface area contributed by atoms with Gasteiger partial charge in [0.15, 0.2) is 0 Å². The van der Waals surface area contributed by atoms with Gasteiger partial charge >= 0.3 is 0 Å². The van der Waals surface area contributed by atoms with E-state index in [1.807, 2.05) is 49.1 Å². The van der Waals surface area contributed by atoms with Crippen LogP contribution in [0.25, 0.3) is 0 Å². The van der Waals surface area contributed by atoms with E-state index in [2.05, 4.69) is 10.2 Å². The minimum absolute atomic E-state index is 0.0281. The van der Waals surface area contributed by atoms with Crippen molar-refractivity contribution in [3.63, 3.8) is 0 Å². The average Bonchev–Trinajstić information content (AvgIpc) is 3.12. The van der Waals surface area contributed by atoms with Crippen molar-refractivity contribution in [3.05, 3.63) is 52.8 Å². The number of H-pyrrole nitrogens is 1. The highest BCUT2D eigenvalue weighted by molar-refractivity contribution is 5.89. The minimum Gasteiger partial charge on any atom is -0.336 e. The van der Waals surface area contributed by atoms with Crippen molar-refractivity contribution >= 4 is 11.8 Å². The van der Waals surface area contributed by atoms with Crippen LogP contribution >= 0.6 is 0 Å². The Morgan fingerprint density at radius 1 is 1.32 bits per heavy atom. The number of aromatic nitrogens is 2. The number of amides is 2. The highest BCUT2D eigenvalue weighted by atomic mass is 16.2. The molecule has 3 rings (SSSR count). The molecule has 1 fully saturated rings. The second kappa shape index (κ2) is 7.09. The number of likely N-dealkylation sites (tertiary alicyclic amines) is 1. The number of rotatable bonds is 5. The summed E-state index contributed by atoms with van der Waals surface area (Å²) in [7, 11) is 1.72. The third-order valence-corrected chi connectivity index (χ3v) is 4.96. The summed E-state index contributed by atoms with van der Waals surface area (Å²) in [4.78, 5) is 28.8. The fourth-order valence-corrected chi connectivity index (χ4v) is 3.33. The van der Waals surface area contributed by atoms with Crippen molar-refractivity contribution in [1.82, 2.24) is 20.0 Å². The molecule has 1 saturated heterocycles. The molecule has 1 N–H and O–H groups in total. The molecule has 6 nitrogen and oxygen atoms in total. The van der Waals surface area contributed by atoms with Crippen molar-refractivity contribution in [2.45, 2.75) is 39.3 Å². The lowest BCUT2D eigenvalue weighted by atomic mass is 10.1. The zero-order valence-electron chi connectivity index (χ0n) is 15.0. The third-order valence-electron chi connectivity index (χ3n) is 4.96. The van der Waals surface area contributed by atoms with Crippen LogP contribution in [0.2, 0.25) is 0 Å². The van der Waals surface area contributed by atoms with Gasteiger partial charge in [0.05, 0.1) is 12.1 Å². The molecule has 1 aromatic carbocycles. The van der Waals surface area contributed by atoms with E-state index in [0.717, 1.165) is 22.5 Å². The number of aryl methyl sites for hydroxylation is 2. The maximum absolute atomic E-state index is 12.7. The zero-order valence-corrected chi connectivity index (χ0v) is 15.0. The monoisotopic (exact) mass is 340 g/mol. The molecule has 132 valence electrons. The van der Waals surface area contributed by atoms with Crippen molar-refractivity contribution in [2.75, 3.05) is 13.6 Å². The van der Waals surface area contributed by atoms with Gasteiger partial charge in [-0.2, -0.15) is 5.10 Å². The molecule has 0 bridgehead atoms. The lowest BCUT2D eigenvalue weighted by molar-refractivity contribution is -0.140. The average molecular weight is 340 g/mol. The van der Waals surface area contributed by atoms with Gasteiger partial charge in [0.25, 0.3) is 0 Å². The largest absolute Gasteiger partial charge is 0.336 e. The second-order valence-electron chi connectivity index (χ2n) is 6.64. The minimum atomic E-state index is -0.372. The molecule has 1 aliphatic rings. The number of benzene rings is 1. The summed E-state index contributed by atoms with van der Waals surface area (Å²) in [6.45, 7) is 5.07. The van der Waals surface area contributed by atoms with E-state index < -0.39 is 0 Å². The Morgan fingerprint density at radius 3 is 2.68 bits per heavy atom. The molecule has 0 unspecified atom stereocenters. The Balaban J connectivity index is 1.63. The molecule has 0 spiro atoms. The fraction of sp³-hybridized carbons (Fsp3) is 0.421. The Bertz CT molecular complexity index is 749. The van der Waals surface area contributed by atoms with Crippen LogP contribution in [0.4, 0.5) is 0 Å². The van der Waals surface area contributed by atoms with E-state index in [9.17, 15) is 9.59 Å². The smallest absolute Gasteiger partial charge is 0.245 e. The van der Waals surface area contributed by atoms with Crippen molar-refractivity contribution in [3.8, 4) is 0 Å². The summed E-state index contributed by atoms with van der Waals surface area (Å²) in [5, 5.41) is 7.03. The van der Waals surface area contributed by atoms with Gasteiger partial charge in [-0.1, -0.05) is 30.3 Å². The number of nitrogens with one attached hydrogen (secondary N) is 1. The normalized spacial score (nSPS) is 17.2. The summed E-state index contributed by atoms with van der Waals surface area (Å²) in [5.41, 5.74) is 3.77. The van der Waals surface area contributed by atoms with Crippen LogP contribution in [0.3, 0.4) is 0 Å². The van der Waals surface area contributed by atoms with E-state index in [1.54, 1.807) is 11.9 Å². The number of carbonyl (C=O) groups excluding carboxylic acids is 2. The predicted octanol–water partition coefficient (Wildman–Crippen LogP) is 1.83. The molecular weight excluding hydrogens is 316 g/mol. The van der Waals surface area contributed by atoms with Crippen LogP contribution in [-0.4, -0.2) is 51.4 Å². The lowest BCUT2D eigenvalue weighted by Gasteiger charge is -2.24. The first-order valence-corrected chi connectivity index (χ1v) is 8.56. The number of hydrogen-bond acceptors (Lipinski definition) is 3. The predicted molar refractivity (Wildman–Crippen MR) is 94.8 cm³/mol. The third kappa shape index (κ3) is 3.57. The number of likely N-dealkylation sites (N-methyl/N-ethyl adjacent to an activating group) is 1. The molecule has 0 aliphatic carbocycles. The van der Waals surface area contributed by atoms with Gasteiger partial charge in [-0.3, -0.25) is 14.7 Å². The maximum Gasteiger partial charge on any atom is 0.245 e. The first kappa shape index (κ1) is 17.2. The van der Waals surface area contributed by atoms with Gasteiger partial charge < -0.3 is 9.80 Å². The van der Waals surface area contributed by atoms with Gasteiger partial charge in [0, 0.05) is 31.4 Å². The zero-order chi connectivity index (χ0) is 18.0. The van der Waals surface area contributed by atoms with Crippen molar-refractivity contribution in [1.29, 1.82) is 0 Å². The highest BCUT2D eigenvalue weighted by Crippen LogP contribution is 2.20. The first-order chi connectivity index (χ1) is 12.0. The van der Waals surface area contributed by atoms with Gasteiger partial charge in [-0.25, -0.2) is 0 Å². The lowest BCUT2D eigenvalue weighted by Crippen LogP contribution is -2.43. The molecule has 25 heavy (non-hydrogen) atoms. The maximum atomic E-state index is 12.7. The van der Waals surface area contributed by atoms with Crippen LogP contribution in [0.15, 0.2) is 30.3 Å². The standard InChI is InChI=1S/C19H24N4O2/c1-13-16(14(2)21-20-13)11-18(24)22(3)17-9-10-23(19(17)25)12-15-7-5-4-6-8-15/h4-8,17H,9-12H2,1-3H3,(H,20,21)/t17-/m0/s1. The van der Waals surface area contributed by atoms with Gasteiger partial charge in [0.1, 0.15) is 6.04 Å². The fourth-order valence-electron chi connectivity index (χ4n) is 3.33. The van der Waals surface area contributed by atoms with E-state index in [-0.39, 0.29) is 24.3 Å². The number of nitrogens with zero attached hydrogens (tertiary/aromatic N) is 3. The summed E-state index contributed by atoms with van der Waals surface area (Å²) < 4.78 is 0. The van der Waals surface area contributed by atoms with Crippen LogP contribution in [-0.2, 0) is 22.6 Å². The Kier molecular flexibility index (Phi) is 4.88. The van der Waals surface area contributed by atoms with E-state index >= 15 is 0 Å². The Labute approximate surface area is 147 Å². The van der Waals surface area contributed by atoms with E-state index in [0.29, 0.717) is 19.5 Å². The van der Waals surface area contributed by atoms with Crippen molar-refractivity contribution < 1.29 is 9.59 Å². The molecule has 1 aliphatic heterocycles. The molecule has 0 radical (unpaired) electrons. The quantitative estimate of drug-likeness (QED) is 0.903. The van der Waals surface area contributed by atoms with E-state index in [1.165, 1.54) is 0 Å². The summed E-state index contributed by atoms with van der Waals surface area (Å²) in [6, 6.07) is 9.56. The summed E-state index contributed by atoms with van der Waals surface area (Å²) in [6.07, 6.45) is 0.949. The molecule has 2 amide bonds. The SMILES string of the molecule is Cc1n[nH]c(C)c1CC(=O)N(C)[C@H]1CCN(Cc2ccccc2)C1=O. The topological polar surface area (TPSA) is 69.3 Å². The van der Waals surface area contributed by atoms with Crippen LogP contribution in [0.5, 0.6) is 0 Å². The molecule has 1 aromatic heterocycles. The molecule has 6 heteroatoms. The first-order valence-electron chi connectivity index (χ1n) is 8.56. The molecule has 1 atom stereocenters. The van der Waals surface area contributed by atoms with E-state index in [4.69, 9.17) is 0 Å². The van der Waals surface area contributed by atoms with Crippen LogP contribution < -0.4 is 0 Å². The molecule has 2 aromatic rings. The highest BCUT2D eigenvalue weighted by Gasteiger charge is 2.36. The summed E-state index contributed by atoms with van der Waals surface area (Å²) >= 11 is 0. The van der Waals surface area contributed by atoms with Crippen molar-refractivity contribution in [2.24, 2.45) is 0 Å². The van der Waals surface area contributed by atoms with Gasteiger partial charge in [-0.05, 0) is 25.8 Å². The van der Waals surface area contributed by atoms with Gasteiger partial charge in [0.2, 0.25) is 11.8 Å². The molecule has 0 saturated carbocycles. The summed E-state index contributed by atoms with van der Waals surface area (Å²) in [5.74, 6) is -0.0205. The number of hydrogen-bond donors (Lipinski definition) is 1. The number of carbonyl (C=O) groups is 2. The Morgan fingerprint density at radius 2 is 2.04 bits per heavy atom. The van der Waals surface area contributed by atoms with Gasteiger partial charge in [-0.15, -0.1) is 0 Å². The molecular formula is C19H24N4O2. The number of aromatic amines is 1. The Hall–Kier alpha value is -2.63.